The number of aliphatic hydroxyl groups is 2. The summed E-state index contributed by atoms with van der Waals surface area (Å²) in [7, 11) is 1.39. The second-order valence-electron chi connectivity index (χ2n) is 41.6. The number of carboxylic acid groups (broad SMARTS) is 1. The van der Waals surface area contributed by atoms with E-state index < -0.39 is 61.9 Å². The van der Waals surface area contributed by atoms with Gasteiger partial charge in [-0.1, -0.05) is 148 Å². The Labute approximate surface area is 834 Å². The van der Waals surface area contributed by atoms with Gasteiger partial charge in [0.25, 0.3) is 0 Å². The van der Waals surface area contributed by atoms with Crippen LogP contribution >= 0.6 is 69.6 Å². The summed E-state index contributed by atoms with van der Waals surface area (Å²) in [6, 6.07) is 44.8. The van der Waals surface area contributed by atoms with Gasteiger partial charge in [0.15, 0.2) is 0 Å². The molecule has 0 aromatic heterocycles. The lowest BCUT2D eigenvalue weighted by molar-refractivity contribution is -0.150. The Morgan fingerprint density at radius 3 is 0.750 bits per heavy atom. The molecule has 6 heterocycles. The molecule has 6 aliphatic heterocycles. The average molecular weight is 2010 g/mol. The van der Waals surface area contributed by atoms with E-state index in [1.807, 2.05) is 228 Å². The van der Waals surface area contributed by atoms with E-state index in [1.54, 1.807) is 77.9 Å². The second-order valence-corrected chi connectivity index (χ2v) is 44.3. The van der Waals surface area contributed by atoms with Gasteiger partial charge in [-0.2, -0.15) is 0 Å². The Morgan fingerprint density at radius 1 is 0.316 bits per heavy atom. The van der Waals surface area contributed by atoms with Crippen LogP contribution in [0.5, 0.6) is 0 Å². The first-order chi connectivity index (χ1) is 63.3. The fourth-order valence-electron chi connectivity index (χ4n) is 17.2. The average Bonchev–Trinajstić information content (AvgIpc) is 0.727. The molecule has 31 heteroatoms. The molecule has 748 valence electrons. The SMILES string of the molecule is C=CC1(c2ccc(Cl)cc2)CCN(C(=O)OC(C)(C)C)CC1.CC(C)(C)OC(=O)N1CCC(C(=O)O)(c2ccc(Cl)cc2)CC1.CC(C)(C)OC(=O)N1CCC(C=O)(c2ccc(Cl)cc2)CC1.CC(C)(C)OC(=O)N1CCC(CCO)(c2ccc(Cl)cc2)CC1.CC(C)(C)OC(=O)N1CCC(CO)(c2ccc(Cl)cc2)CC1.COC(=O)C1(c2ccc(Cl)cc2)CCN(C(=O)OC(C)(C)C)CC1. The Bertz CT molecular complexity index is 4790. The normalized spacial score (nSPS) is 17.8. The van der Waals surface area contributed by atoms with E-state index in [2.05, 4.69) is 6.58 Å². The van der Waals surface area contributed by atoms with Crippen LogP contribution in [0.25, 0.3) is 0 Å². The number of carbonyl (C=O) groups excluding carboxylic acids is 8. The maximum atomic E-state index is 12.5. The summed E-state index contributed by atoms with van der Waals surface area (Å²) in [5.74, 6) is -1.16. The van der Waals surface area contributed by atoms with Gasteiger partial charge in [0.2, 0.25) is 0 Å². The molecule has 136 heavy (non-hydrogen) atoms. The molecule has 0 atom stereocenters. The van der Waals surface area contributed by atoms with Gasteiger partial charge < -0.3 is 82.7 Å². The van der Waals surface area contributed by atoms with Crippen molar-refractivity contribution < 1.29 is 91.6 Å². The van der Waals surface area contributed by atoms with Gasteiger partial charge in [0, 0.05) is 132 Å². The number of esters is 1. The number of rotatable bonds is 13. The lowest BCUT2D eigenvalue weighted by atomic mass is 9.70. The standard InChI is InChI=1S/C18H24ClNO4.C18H26ClNO3.C18H24ClNO2.C17H22ClNO4.C17H24ClNO3.C17H22ClNO3/c1-17(2,3)24-16(22)20-11-9-18(10-12-20,15(21)23-4)13-5-7-14(19)8-6-13;1-17(2,3)23-16(22)20-11-8-18(9-12-20,10-13-21)14-4-6-15(19)7-5-14;1-5-18(14-6-8-15(19)9-7-14)10-12-20(13-11-18)16(21)22-17(2,3)4;1-16(2,3)23-15(22)19-10-8-17(9-11-19,14(20)21)12-4-6-13(18)7-5-12;2*1-16(2,3)22-15(21)19-10-8-17(12-20,9-11-19)13-4-6-14(18)7-5-13/h5-8H,9-12H2,1-4H3;4-7,21H,8-13H2,1-3H3;5-9H,1,10-13H2,2-4H3;4-7H,8-11H2,1-3H3,(H,20,21);4-7,20H,8-12H2,1-3H3;4-7,12H,8-11H2,1-3H3. The molecule has 3 N–H and O–H groups in total. The zero-order valence-electron chi connectivity index (χ0n) is 82.6. The lowest BCUT2D eigenvalue weighted by Gasteiger charge is -2.42. The van der Waals surface area contributed by atoms with Crippen molar-refractivity contribution in [2.45, 2.75) is 274 Å². The fraction of sp³-hybridized carbons (Fsp3) is 0.552. The van der Waals surface area contributed by atoms with Crippen molar-refractivity contribution in [1.82, 2.24) is 29.4 Å². The van der Waals surface area contributed by atoms with Gasteiger partial charge >= 0.3 is 48.5 Å². The maximum absolute atomic E-state index is 12.5. The van der Waals surface area contributed by atoms with E-state index in [0.717, 1.165) is 59.2 Å². The largest absolute Gasteiger partial charge is 0.481 e. The van der Waals surface area contributed by atoms with Crippen molar-refractivity contribution in [1.29, 1.82) is 0 Å². The third-order valence-electron chi connectivity index (χ3n) is 24.9. The number of ether oxygens (including phenoxy) is 7. The highest BCUT2D eigenvalue weighted by atomic mass is 35.5. The Hall–Kier alpha value is -9.05. The molecule has 0 radical (unpaired) electrons. The number of nitrogens with zero attached hydrogens (tertiary/aromatic N) is 6. The third kappa shape index (κ3) is 33.3. The monoisotopic (exact) mass is 2000 g/mol. The van der Waals surface area contributed by atoms with E-state index in [4.69, 9.17) is 103 Å². The van der Waals surface area contributed by atoms with E-state index in [9.17, 15) is 58.5 Å². The number of halogens is 6. The van der Waals surface area contributed by atoms with Gasteiger partial charge in [-0.05, 0) is 314 Å². The molecule has 6 aromatic rings. The number of amides is 6. The van der Waals surface area contributed by atoms with Gasteiger partial charge in [-0.15, -0.1) is 6.58 Å². The quantitative estimate of drug-likeness (QED) is 0.0419. The smallest absolute Gasteiger partial charge is 0.410 e. The number of aldehydes is 1. The number of methoxy groups -OCH3 is 1. The number of piperidine rings is 6. The fourth-order valence-corrected chi connectivity index (χ4v) is 17.9. The topological polar surface area (TPSA) is 298 Å². The van der Waals surface area contributed by atoms with Crippen LogP contribution in [0, 0.1) is 0 Å². The van der Waals surface area contributed by atoms with Crippen molar-refractivity contribution in [2.24, 2.45) is 0 Å². The van der Waals surface area contributed by atoms with E-state index in [1.165, 1.54) is 18.2 Å². The molecule has 6 aliphatic rings. The molecule has 0 aliphatic carbocycles. The predicted octanol–water partition coefficient (Wildman–Crippen LogP) is 23.7. The highest BCUT2D eigenvalue weighted by Crippen LogP contribution is 2.45. The molecule has 6 saturated heterocycles. The number of hydrogen-bond acceptors (Lipinski definition) is 18. The zero-order valence-corrected chi connectivity index (χ0v) is 87.2. The molecular weight excluding hydrogens is 1860 g/mol. The highest BCUT2D eigenvalue weighted by molar-refractivity contribution is 6.32. The minimum absolute atomic E-state index is 0.0663. The number of carboxylic acids is 1. The molecule has 0 unspecified atom stereocenters. The molecular formula is C105H142Cl6N6O19. The zero-order chi connectivity index (χ0) is 101. The number of likely N-dealkylation sites (tertiary alicyclic amines) is 6. The van der Waals surface area contributed by atoms with Crippen LogP contribution in [0.15, 0.2) is 158 Å². The van der Waals surface area contributed by atoms with Crippen LogP contribution in [-0.2, 0) is 80.0 Å². The molecule has 12 rings (SSSR count). The van der Waals surface area contributed by atoms with Crippen LogP contribution in [0.1, 0.15) is 241 Å². The van der Waals surface area contributed by atoms with E-state index in [-0.39, 0.29) is 65.9 Å². The molecule has 25 nitrogen and oxygen atoms in total. The summed E-state index contributed by atoms with van der Waals surface area (Å²) in [5.41, 5.74) is 0.195. The van der Waals surface area contributed by atoms with Crippen molar-refractivity contribution in [2.75, 3.05) is 98.9 Å². The van der Waals surface area contributed by atoms with Crippen LogP contribution < -0.4 is 0 Å². The maximum Gasteiger partial charge on any atom is 0.410 e. The van der Waals surface area contributed by atoms with Crippen molar-refractivity contribution >= 4 is 124 Å². The van der Waals surface area contributed by atoms with Crippen molar-refractivity contribution in [3.8, 4) is 0 Å². The third-order valence-corrected chi connectivity index (χ3v) is 26.4. The Balaban J connectivity index is 0.000000222. The minimum atomic E-state index is -0.983. The number of allylic oxidation sites excluding steroid dienone is 1. The molecule has 6 fully saturated rings. The number of carbonyl (C=O) groups is 9. The molecule has 0 saturated carbocycles. The molecule has 6 aromatic carbocycles. The van der Waals surface area contributed by atoms with Crippen LogP contribution in [0.3, 0.4) is 0 Å². The summed E-state index contributed by atoms with van der Waals surface area (Å²) < 4.78 is 37.5. The molecule has 0 bridgehead atoms. The number of hydrogen-bond donors (Lipinski definition) is 3. The highest BCUT2D eigenvalue weighted by Gasteiger charge is 2.49. The molecule has 0 spiro atoms. The number of aliphatic carboxylic acids is 1. The lowest BCUT2D eigenvalue weighted by Crippen LogP contribution is -2.50. The summed E-state index contributed by atoms with van der Waals surface area (Å²) in [4.78, 5) is 119. The van der Waals surface area contributed by atoms with Crippen LogP contribution in [0.4, 0.5) is 28.8 Å². The Morgan fingerprint density at radius 2 is 0.522 bits per heavy atom. The molecule has 6 amide bonds. The first-order valence-electron chi connectivity index (χ1n) is 46.4. The predicted molar refractivity (Wildman–Crippen MR) is 536 cm³/mol. The van der Waals surface area contributed by atoms with E-state index >= 15 is 0 Å². The summed E-state index contributed by atoms with van der Waals surface area (Å²) >= 11 is 35.6. The van der Waals surface area contributed by atoms with Gasteiger partial charge in [-0.3, -0.25) is 9.59 Å². The van der Waals surface area contributed by atoms with Gasteiger partial charge in [0.05, 0.1) is 30.0 Å². The first-order valence-corrected chi connectivity index (χ1v) is 48.7. The summed E-state index contributed by atoms with van der Waals surface area (Å²) in [6.07, 6.45) is 9.46. The number of aliphatic hydroxyl groups excluding tert-OH is 2. The van der Waals surface area contributed by atoms with Gasteiger partial charge in [-0.25, -0.2) is 28.8 Å². The summed E-state index contributed by atoms with van der Waals surface area (Å²) in [5, 5.41) is 33.1. The van der Waals surface area contributed by atoms with Crippen LogP contribution in [0.2, 0.25) is 30.1 Å². The first kappa shape index (κ1) is 114. The summed E-state index contributed by atoms with van der Waals surface area (Å²) in [6.45, 7) is 43.9. The van der Waals surface area contributed by atoms with Gasteiger partial charge in [0.1, 0.15) is 39.9 Å². The minimum Gasteiger partial charge on any atom is -0.481 e. The number of benzene rings is 6. The van der Waals surface area contributed by atoms with Crippen molar-refractivity contribution in [3.63, 3.8) is 0 Å². The van der Waals surface area contributed by atoms with Crippen molar-refractivity contribution in [3.05, 3.63) is 222 Å². The second kappa shape index (κ2) is 48.7. The Kier molecular flexibility index (Phi) is 40.8. The van der Waals surface area contributed by atoms with Crippen LogP contribution in [-0.4, -0.2) is 232 Å². The van der Waals surface area contributed by atoms with E-state index in [0.29, 0.717) is 161 Å².